The molecule has 2 heterocycles. The third-order valence-corrected chi connectivity index (χ3v) is 13.6. The van der Waals surface area contributed by atoms with Gasteiger partial charge >= 0.3 is 0 Å². The second-order valence-corrected chi connectivity index (χ2v) is 17.7. The Labute approximate surface area is 401 Å². The van der Waals surface area contributed by atoms with Gasteiger partial charge in [-0.1, -0.05) is 182 Å². The number of nitrogens with zero attached hydrogens (tertiary/aromatic N) is 2. The molecule has 69 heavy (non-hydrogen) atoms. The molecule has 0 saturated carbocycles. The SMILES string of the molecule is c1ccc(-c2ccc(N(c3ccc(-c4ccccc4)cc3)c3ccc(-c4cc(-c5cccc6c5oc5ccccc56)cc(-c5cccc6c5c5ccccc5n6-c5ccccc5)c4)cc3)cc2)cc1. The summed E-state index contributed by atoms with van der Waals surface area (Å²) in [5, 5.41) is 4.68. The Morgan fingerprint density at radius 3 is 1.35 bits per heavy atom. The van der Waals surface area contributed by atoms with Crippen LogP contribution in [0.1, 0.15) is 0 Å². The van der Waals surface area contributed by atoms with Gasteiger partial charge in [-0.25, -0.2) is 0 Å². The van der Waals surface area contributed by atoms with Gasteiger partial charge in [0.25, 0.3) is 0 Å². The lowest BCUT2D eigenvalue weighted by Crippen LogP contribution is -2.09. The van der Waals surface area contributed by atoms with Crippen molar-refractivity contribution in [3.8, 4) is 61.3 Å². The Bertz CT molecular complexity index is 3880. The van der Waals surface area contributed by atoms with Crippen LogP contribution in [0.4, 0.5) is 17.1 Å². The molecule has 2 aromatic heterocycles. The van der Waals surface area contributed by atoms with E-state index in [4.69, 9.17) is 4.42 Å². The van der Waals surface area contributed by atoms with Gasteiger partial charge in [-0.15, -0.1) is 0 Å². The molecule has 0 radical (unpaired) electrons. The smallest absolute Gasteiger partial charge is 0.143 e. The fourth-order valence-electron chi connectivity index (χ4n) is 10.3. The van der Waals surface area contributed by atoms with Gasteiger partial charge < -0.3 is 13.9 Å². The Morgan fingerprint density at radius 1 is 0.290 bits per heavy atom. The second-order valence-electron chi connectivity index (χ2n) is 17.7. The van der Waals surface area contributed by atoms with Crippen molar-refractivity contribution in [1.29, 1.82) is 0 Å². The van der Waals surface area contributed by atoms with Gasteiger partial charge in [0.2, 0.25) is 0 Å². The summed E-state index contributed by atoms with van der Waals surface area (Å²) in [6.45, 7) is 0. The van der Waals surface area contributed by atoms with Gasteiger partial charge in [0.05, 0.1) is 11.0 Å². The van der Waals surface area contributed by atoms with Gasteiger partial charge in [-0.05, 0) is 135 Å². The molecule has 0 aliphatic carbocycles. The highest BCUT2D eigenvalue weighted by atomic mass is 16.3. The van der Waals surface area contributed by atoms with Crippen LogP contribution in [-0.4, -0.2) is 4.57 Å². The van der Waals surface area contributed by atoms with Crippen molar-refractivity contribution in [2.24, 2.45) is 0 Å². The van der Waals surface area contributed by atoms with Gasteiger partial charge in [-0.2, -0.15) is 0 Å². The number of rotatable bonds is 9. The van der Waals surface area contributed by atoms with E-state index >= 15 is 0 Å². The first-order valence-electron chi connectivity index (χ1n) is 23.6. The Kier molecular flexibility index (Phi) is 9.84. The van der Waals surface area contributed by atoms with E-state index in [1.54, 1.807) is 0 Å². The summed E-state index contributed by atoms with van der Waals surface area (Å²) in [6, 6.07) is 96.1. The van der Waals surface area contributed by atoms with Crippen LogP contribution in [0.2, 0.25) is 0 Å². The first kappa shape index (κ1) is 40.1. The number of para-hydroxylation sites is 4. The van der Waals surface area contributed by atoms with Crippen LogP contribution in [0.25, 0.3) is 105 Å². The molecule has 3 nitrogen and oxygen atoms in total. The molecule has 0 spiro atoms. The number of aromatic nitrogens is 1. The molecule has 13 aromatic rings. The zero-order chi connectivity index (χ0) is 45.7. The van der Waals surface area contributed by atoms with Crippen molar-refractivity contribution in [3.05, 3.63) is 267 Å². The van der Waals surface area contributed by atoms with Gasteiger partial charge in [0.1, 0.15) is 11.2 Å². The first-order valence-corrected chi connectivity index (χ1v) is 23.6. The maximum atomic E-state index is 6.69. The third-order valence-electron chi connectivity index (χ3n) is 13.6. The quantitative estimate of drug-likeness (QED) is 0.144. The van der Waals surface area contributed by atoms with Gasteiger partial charge in [0, 0.05) is 49.9 Å². The highest BCUT2D eigenvalue weighted by Gasteiger charge is 2.20. The summed E-state index contributed by atoms with van der Waals surface area (Å²) in [6.07, 6.45) is 0. The molecule has 11 aromatic carbocycles. The minimum Gasteiger partial charge on any atom is -0.455 e. The van der Waals surface area contributed by atoms with Crippen LogP contribution in [0.5, 0.6) is 0 Å². The first-order chi connectivity index (χ1) is 34.2. The van der Waals surface area contributed by atoms with Crippen LogP contribution in [0.15, 0.2) is 271 Å². The minimum atomic E-state index is 0.888. The molecule has 13 rings (SSSR count). The van der Waals surface area contributed by atoms with Crippen LogP contribution >= 0.6 is 0 Å². The van der Waals surface area contributed by atoms with E-state index in [9.17, 15) is 0 Å². The number of hydrogen-bond acceptors (Lipinski definition) is 2. The van der Waals surface area contributed by atoms with Crippen molar-refractivity contribution in [3.63, 3.8) is 0 Å². The van der Waals surface area contributed by atoms with Gasteiger partial charge in [-0.3, -0.25) is 0 Å². The monoisotopic (exact) mass is 880 g/mol. The highest BCUT2D eigenvalue weighted by molar-refractivity contribution is 6.16. The third kappa shape index (κ3) is 7.16. The number of anilines is 3. The molecule has 0 unspecified atom stereocenters. The lowest BCUT2D eigenvalue weighted by molar-refractivity contribution is 0.670. The Morgan fingerprint density at radius 2 is 0.725 bits per heavy atom. The van der Waals surface area contributed by atoms with Crippen molar-refractivity contribution in [2.75, 3.05) is 4.90 Å². The van der Waals surface area contributed by atoms with Crippen LogP contribution in [0.3, 0.4) is 0 Å². The zero-order valence-electron chi connectivity index (χ0n) is 37.7. The van der Waals surface area contributed by atoms with Crippen LogP contribution in [-0.2, 0) is 0 Å². The van der Waals surface area contributed by atoms with E-state index in [-0.39, 0.29) is 0 Å². The maximum Gasteiger partial charge on any atom is 0.143 e. The van der Waals surface area contributed by atoms with E-state index in [1.807, 2.05) is 6.07 Å². The molecular formula is C66H44N2O. The average Bonchev–Trinajstić information content (AvgIpc) is 3.98. The summed E-state index contributed by atoms with van der Waals surface area (Å²) in [4.78, 5) is 2.35. The van der Waals surface area contributed by atoms with E-state index < -0.39 is 0 Å². The number of fused-ring (bicyclic) bond motifs is 6. The van der Waals surface area contributed by atoms with Crippen molar-refractivity contribution in [1.82, 2.24) is 4.57 Å². The number of furan rings is 1. The molecule has 0 aliphatic rings. The minimum absolute atomic E-state index is 0.888. The van der Waals surface area contributed by atoms with Crippen molar-refractivity contribution < 1.29 is 4.42 Å². The molecule has 324 valence electrons. The molecule has 0 atom stereocenters. The standard InChI is InChI=1S/C66H44N2O/c1-4-16-45(17-5-1)47-30-36-54(37-31-47)67(55-38-32-48(33-39-55)46-18-6-2-7-19-46)56-40-34-49(35-41-56)50-42-51(44-52(43-50)58-25-14-26-60-59-22-11-13-29-64(59)69-66(58)60)57-24-15-28-63-65(57)61-23-10-12-27-62(61)68(63)53-20-8-3-9-21-53/h1-44H. The molecule has 0 saturated heterocycles. The molecule has 3 heteroatoms. The van der Waals surface area contributed by atoms with E-state index in [0.29, 0.717) is 0 Å². The Hall–Kier alpha value is -9.18. The molecule has 0 fully saturated rings. The predicted octanol–water partition coefficient (Wildman–Crippen LogP) is 18.5. The predicted molar refractivity (Wildman–Crippen MR) is 290 cm³/mol. The topological polar surface area (TPSA) is 21.3 Å². The molecule has 0 N–H and O–H groups in total. The fraction of sp³-hybridized carbons (Fsp3) is 0. The molecule has 0 amide bonds. The summed E-state index contributed by atoms with van der Waals surface area (Å²) >= 11 is 0. The van der Waals surface area contributed by atoms with Crippen molar-refractivity contribution in [2.45, 2.75) is 0 Å². The maximum absolute atomic E-state index is 6.69. The van der Waals surface area contributed by atoms with Gasteiger partial charge in [0.15, 0.2) is 0 Å². The summed E-state index contributed by atoms with van der Waals surface area (Å²) in [7, 11) is 0. The lowest BCUT2D eigenvalue weighted by atomic mass is 9.91. The zero-order valence-corrected chi connectivity index (χ0v) is 37.7. The summed E-state index contributed by atoms with van der Waals surface area (Å²) < 4.78 is 9.08. The summed E-state index contributed by atoms with van der Waals surface area (Å²) in [5.41, 5.74) is 20.0. The van der Waals surface area contributed by atoms with E-state index in [2.05, 4.69) is 270 Å². The number of benzene rings is 11. The molecule has 0 bridgehead atoms. The van der Waals surface area contributed by atoms with E-state index in [0.717, 1.165) is 72.5 Å². The van der Waals surface area contributed by atoms with E-state index in [1.165, 1.54) is 49.6 Å². The average molecular weight is 881 g/mol. The second kappa shape index (κ2) is 16.9. The van der Waals surface area contributed by atoms with Crippen molar-refractivity contribution >= 4 is 60.8 Å². The molecular weight excluding hydrogens is 837 g/mol. The highest BCUT2D eigenvalue weighted by Crippen LogP contribution is 2.44. The Balaban J connectivity index is 0.972. The normalized spacial score (nSPS) is 11.5. The lowest BCUT2D eigenvalue weighted by Gasteiger charge is -2.26. The van der Waals surface area contributed by atoms with Crippen LogP contribution < -0.4 is 4.90 Å². The fourth-order valence-corrected chi connectivity index (χ4v) is 10.3. The summed E-state index contributed by atoms with van der Waals surface area (Å²) in [5.74, 6) is 0. The molecule has 0 aliphatic heterocycles. The number of hydrogen-bond donors (Lipinski definition) is 0. The van der Waals surface area contributed by atoms with Crippen LogP contribution in [0, 0.1) is 0 Å². The largest absolute Gasteiger partial charge is 0.455 e.